The predicted molar refractivity (Wildman–Crippen MR) is 103 cm³/mol. The lowest BCUT2D eigenvalue weighted by Crippen LogP contribution is -2.49. The topological polar surface area (TPSA) is 76.1 Å². The van der Waals surface area contributed by atoms with Gasteiger partial charge in [-0.15, -0.1) is 0 Å². The molecule has 3 atom stereocenters. The highest BCUT2D eigenvalue weighted by Gasteiger charge is 2.42. The first kappa shape index (κ1) is 21.2. The predicted octanol–water partition coefficient (Wildman–Crippen LogP) is 3.77. The number of nitrogens with zero attached hydrogens (tertiary/aromatic N) is 1. The maximum absolute atomic E-state index is 12.8. The Morgan fingerprint density at radius 1 is 1.22 bits per heavy atom. The van der Waals surface area contributed by atoms with E-state index in [1.165, 1.54) is 0 Å². The Hall–Kier alpha value is -2.08. The van der Waals surface area contributed by atoms with Gasteiger partial charge in [-0.05, 0) is 65.5 Å². The number of likely N-dealkylation sites (tertiary alicyclic amines) is 1. The van der Waals surface area contributed by atoms with Crippen molar-refractivity contribution >= 4 is 12.1 Å². The molecule has 1 fully saturated rings. The highest BCUT2D eigenvalue weighted by molar-refractivity contribution is 5.89. The van der Waals surface area contributed by atoms with E-state index in [0.717, 1.165) is 12.8 Å². The summed E-state index contributed by atoms with van der Waals surface area (Å²) in [5.41, 5.74) is -0.113. The Kier molecular flexibility index (Phi) is 7.25. The first-order chi connectivity index (χ1) is 12.7. The van der Waals surface area contributed by atoms with Gasteiger partial charge in [-0.2, -0.15) is 0 Å². The highest BCUT2D eigenvalue weighted by atomic mass is 16.6. The van der Waals surface area contributed by atoms with Crippen molar-refractivity contribution in [3.63, 3.8) is 0 Å². The minimum Gasteiger partial charge on any atom is -0.457 e. The zero-order chi connectivity index (χ0) is 20.0. The molecule has 27 heavy (non-hydrogen) atoms. The largest absolute Gasteiger partial charge is 0.457 e. The number of carbonyl (C=O) groups excluding carboxylic acids is 2. The van der Waals surface area contributed by atoms with Gasteiger partial charge in [-0.25, -0.2) is 9.59 Å². The Morgan fingerprint density at radius 3 is 2.48 bits per heavy atom. The molecule has 1 heterocycles. The van der Waals surface area contributed by atoms with Crippen LogP contribution in [0.15, 0.2) is 30.3 Å². The van der Waals surface area contributed by atoms with Gasteiger partial charge in [0.15, 0.2) is 0 Å². The molecule has 0 bridgehead atoms. The number of hydrogen-bond donors (Lipinski definition) is 1. The molecule has 0 aromatic heterocycles. The molecule has 1 aliphatic rings. The van der Waals surface area contributed by atoms with Crippen molar-refractivity contribution in [3.05, 3.63) is 35.9 Å². The Morgan fingerprint density at radius 2 is 1.89 bits per heavy atom. The molecule has 6 nitrogen and oxygen atoms in total. The highest BCUT2D eigenvalue weighted by Crippen LogP contribution is 2.32. The zero-order valence-corrected chi connectivity index (χ0v) is 16.7. The van der Waals surface area contributed by atoms with Crippen LogP contribution >= 0.6 is 0 Å². The van der Waals surface area contributed by atoms with E-state index in [2.05, 4.69) is 0 Å². The van der Waals surface area contributed by atoms with Crippen LogP contribution < -0.4 is 0 Å². The summed E-state index contributed by atoms with van der Waals surface area (Å²) in [5.74, 6) is -0.397. The number of hydrogen-bond acceptors (Lipinski definition) is 5. The Labute approximate surface area is 161 Å². The number of benzene rings is 1. The Balaban J connectivity index is 2.11. The fourth-order valence-corrected chi connectivity index (χ4v) is 3.47. The van der Waals surface area contributed by atoms with Gasteiger partial charge >= 0.3 is 12.1 Å². The van der Waals surface area contributed by atoms with E-state index in [4.69, 9.17) is 14.6 Å². The summed E-state index contributed by atoms with van der Waals surface area (Å²) in [6, 6.07) is 8.57. The summed E-state index contributed by atoms with van der Waals surface area (Å²) in [4.78, 5) is 26.9. The molecule has 1 N–H and O–H groups in total. The maximum Gasteiger partial charge on any atom is 0.410 e. The van der Waals surface area contributed by atoms with Crippen LogP contribution in [0.25, 0.3) is 0 Å². The van der Waals surface area contributed by atoms with Crippen molar-refractivity contribution in [2.45, 2.75) is 77.2 Å². The summed E-state index contributed by atoms with van der Waals surface area (Å²) in [5, 5.41) is 9.15. The number of esters is 1. The average Bonchev–Trinajstić information content (AvgIpc) is 3.03. The number of aliphatic hydroxyl groups is 1. The van der Waals surface area contributed by atoms with Gasteiger partial charge in [-0.1, -0.05) is 18.2 Å². The second-order valence-corrected chi connectivity index (χ2v) is 8.03. The first-order valence-electron chi connectivity index (χ1n) is 9.61. The van der Waals surface area contributed by atoms with Crippen molar-refractivity contribution in [3.8, 4) is 0 Å². The molecule has 0 spiro atoms. The van der Waals surface area contributed by atoms with Gasteiger partial charge in [0.2, 0.25) is 0 Å². The molecule has 0 aliphatic carbocycles. The molecule has 1 aromatic carbocycles. The summed E-state index contributed by atoms with van der Waals surface area (Å²) in [6.45, 7) is 7.39. The summed E-state index contributed by atoms with van der Waals surface area (Å²) < 4.78 is 11.2. The molecule has 0 radical (unpaired) electrons. The molecule has 6 heteroatoms. The van der Waals surface area contributed by atoms with Crippen LogP contribution in [0.3, 0.4) is 0 Å². The minimum atomic E-state index is -0.601. The lowest BCUT2D eigenvalue weighted by atomic mass is 10.1. The van der Waals surface area contributed by atoms with E-state index in [0.29, 0.717) is 18.4 Å². The van der Waals surface area contributed by atoms with Gasteiger partial charge in [-0.3, -0.25) is 4.90 Å². The third kappa shape index (κ3) is 5.96. The quantitative estimate of drug-likeness (QED) is 0.764. The number of ether oxygens (including phenoxy) is 2. The lowest BCUT2D eigenvalue weighted by Gasteiger charge is -2.35. The molecule has 1 amide bonds. The van der Waals surface area contributed by atoms with Crippen LogP contribution in [0, 0.1) is 0 Å². The van der Waals surface area contributed by atoms with Crippen LogP contribution in [0.2, 0.25) is 0 Å². The van der Waals surface area contributed by atoms with E-state index in [1.54, 1.807) is 29.2 Å². The van der Waals surface area contributed by atoms with Gasteiger partial charge in [0.1, 0.15) is 11.7 Å². The van der Waals surface area contributed by atoms with Crippen molar-refractivity contribution < 1.29 is 24.2 Å². The molecule has 2 rings (SSSR count). The second kappa shape index (κ2) is 9.22. The average molecular weight is 377 g/mol. The van der Waals surface area contributed by atoms with Gasteiger partial charge in [0.05, 0.1) is 11.6 Å². The van der Waals surface area contributed by atoms with Crippen LogP contribution in [-0.2, 0) is 9.47 Å². The smallest absolute Gasteiger partial charge is 0.410 e. The van der Waals surface area contributed by atoms with Crippen molar-refractivity contribution in [1.29, 1.82) is 0 Å². The first-order valence-corrected chi connectivity index (χ1v) is 9.61. The minimum absolute atomic E-state index is 0.0186. The van der Waals surface area contributed by atoms with Crippen LogP contribution in [0.5, 0.6) is 0 Å². The fraction of sp³-hybridized carbons (Fsp3) is 0.619. The zero-order valence-electron chi connectivity index (χ0n) is 16.7. The molecule has 1 aromatic rings. The summed E-state index contributed by atoms with van der Waals surface area (Å²) in [6.07, 6.45) is 2.01. The molecular formula is C21H31NO5. The molecule has 1 saturated heterocycles. The number of aliphatic hydroxyl groups excluding tert-OH is 1. The van der Waals surface area contributed by atoms with Crippen molar-refractivity contribution in [2.24, 2.45) is 0 Å². The van der Waals surface area contributed by atoms with E-state index < -0.39 is 23.8 Å². The normalized spacial score (nSPS) is 21.0. The van der Waals surface area contributed by atoms with E-state index in [9.17, 15) is 9.59 Å². The molecular weight excluding hydrogens is 346 g/mol. The van der Waals surface area contributed by atoms with E-state index >= 15 is 0 Å². The van der Waals surface area contributed by atoms with Crippen LogP contribution in [0.1, 0.15) is 63.7 Å². The van der Waals surface area contributed by atoms with Crippen LogP contribution in [0.4, 0.5) is 4.79 Å². The lowest BCUT2D eigenvalue weighted by molar-refractivity contribution is -0.0148. The SMILES string of the molecule is CC(OC(=O)c1ccccc1)[C@@H]1CCC(CCCO)N1C(=O)OC(C)(C)C. The van der Waals surface area contributed by atoms with E-state index in [1.807, 2.05) is 33.8 Å². The third-order valence-corrected chi connectivity index (χ3v) is 4.69. The van der Waals surface area contributed by atoms with Crippen molar-refractivity contribution in [2.75, 3.05) is 6.61 Å². The Bertz CT molecular complexity index is 625. The van der Waals surface area contributed by atoms with Crippen molar-refractivity contribution in [1.82, 2.24) is 4.90 Å². The molecule has 150 valence electrons. The van der Waals surface area contributed by atoms with E-state index in [-0.39, 0.29) is 18.7 Å². The third-order valence-electron chi connectivity index (χ3n) is 4.69. The molecule has 0 saturated carbocycles. The summed E-state index contributed by atoms with van der Waals surface area (Å²) in [7, 11) is 0. The number of rotatable bonds is 6. The number of carbonyl (C=O) groups is 2. The monoisotopic (exact) mass is 377 g/mol. The summed E-state index contributed by atoms with van der Waals surface area (Å²) >= 11 is 0. The number of amides is 1. The molecule has 1 aliphatic heterocycles. The van der Waals surface area contributed by atoms with Crippen LogP contribution in [-0.4, -0.2) is 52.5 Å². The molecule has 2 unspecified atom stereocenters. The fourth-order valence-electron chi connectivity index (χ4n) is 3.47. The maximum atomic E-state index is 12.8. The van der Waals surface area contributed by atoms with Gasteiger partial charge in [0.25, 0.3) is 0 Å². The second-order valence-electron chi connectivity index (χ2n) is 8.03. The standard InChI is InChI=1S/C21H31NO5/c1-15(26-19(24)16-9-6-5-7-10-16)18-13-12-17(11-8-14-23)22(18)20(25)27-21(2,3)4/h5-7,9-10,15,17-18,23H,8,11-14H2,1-4H3/t15?,17?,18-/m0/s1. The van der Waals surface area contributed by atoms with Gasteiger partial charge < -0.3 is 14.6 Å². The van der Waals surface area contributed by atoms with Gasteiger partial charge in [0, 0.05) is 12.6 Å².